The maximum atomic E-state index is 13.3. The van der Waals surface area contributed by atoms with Crippen molar-refractivity contribution in [3.63, 3.8) is 0 Å². The Kier molecular flexibility index (Phi) is 5.90. The van der Waals surface area contributed by atoms with Crippen LogP contribution in [0.2, 0.25) is 0 Å². The molecule has 2 atom stereocenters. The minimum absolute atomic E-state index is 0. The normalized spacial score (nSPS) is 22.7. The molecule has 2 heterocycles. The Morgan fingerprint density at radius 2 is 1.85 bits per heavy atom. The maximum absolute atomic E-state index is 13.3. The van der Waals surface area contributed by atoms with Crippen LogP contribution in [0.4, 0.5) is 10.3 Å². The van der Waals surface area contributed by atoms with Crippen LogP contribution in [0.3, 0.4) is 0 Å². The molecule has 138 valence electrons. The van der Waals surface area contributed by atoms with Crippen LogP contribution >= 0.6 is 24.0 Å². The summed E-state index contributed by atoms with van der Waals surface area (Å²) in [4.78, 5) is 17.5. The molecule has 2 unspecified atom stereocenters. The summed E-state index contributed by atoms with van der Waals surface area (Å²) in [6.07, 6.45) is 4.44. The van der Waals surface area contributed by atoms with E-state index >= 15 is 0 Å². The Balaban J connectivity index is 0.00000196. The lowest BCUT2D eigenvalue weighted by molar-refractivity contribution is 0.378. The van der Waals surface area contributed by atoms with Crippen LogP contribution in [0.5, 0.6) is 0 Å². The molecule has 1 aliphatic heterocycles. The summed E-state index contributed by atoms with van der Waals surface area (Å²) in [5, 5.41) is 0. The Morgan fingerprint density at radius 1 is 1.12 bits per heavy atom. The monoisotopic (exact) mass is 468 g/mol. The summed E-state index contributed by atoms with van der Waals surface area (Å²) in [6.45, 7) is 3.23. The number of nitrogens with zero attached hydrogens (tertiary/aromatic N) is 5. The molecule has 1 aliphatic carbocycles. The van der Waals surface area contributed by atoms with Gasteiger partial charge in [0, 0.05) is 44.5 Å². The number of benzene rings is 1. The average molecular weight is 468 g/mol. The van der Waals surface area contributed by atoms with E-state index in [4.69, 9.17) is 5.73 Å². The molecule has 0 amide bonds. The molecule has 1 saturated heterocycles. The van der Waals surface area contributed by atoms with Gasteiger partial charge in [-0.15, -0.1) is 24.0 Å². The van der Waals surface area contributed by atoms with Crippen LogP contribution in [-0.2, 0) is 0 Å². The first kappa shape index (κ1) is 18.8. The molecular formula is C18H22FIN6. The molecule has 0 spiro atoms. The van der Waals surface area contributed by atoms with Crippen molar-refractivity contribution in [2.24, 2.45) is 10.7 Å². The Morgan fingerprint density at radius 3 is 2.54 bits per heavy atom. The highest BCUT2D eigenvalue weighted by Crippen LogP contribution is 2.43. The first-order chi connectivity index (χ1) is 12.2. The number of piperazine rings is 1. The van der Waals surface area contributed by atoms with E-state index in [1.165, 1.54) is 6.07 Å². The van der Waals surface area contributed by atoms with Gasteiger partial charge in [-0.2, -0.15) is 0 Å². The molecular weight excluding hydrogens is 446 g/mol. The number of guanidine groups is 1. The third-order valence-corrected chi connectivity index (χ3v) is 4.77. The Labute approximate surface area is 169 Å². The van der Waals surface area contributed by atoms with Gasteiger partial charge in [0.15, 0.2) is 5.96 Å². The van der Waals surface area contributed by atoms with E-state index in [1.807, 2.05) is 12.1 Å². The minimum Gasteiger partial charge on any atom is -0.370 e. The zero-order valence-corrected chi connectivity index (χ0v) is 16.7. The standard InChI is InChI=1S/C18H21FN6.HI/c19-14-4-1-3-13(11-14)15-12-16(15)23-17(20)24-7-9-25(10-8-24)18-21-5-2-6-22-18;/h1-6,11,15-16H,7-10,12H2,(H2,20,23);1H. The van der Waals surface area contributed by atoms with Crippen molar-refractivity contribution in [1.82, 2.24) is 14.9 Å². The second kappa shape index (κ2) is 8.15. The third-order valence-electron chi connectivity index (χ3n) is 4.77. The van der Waals surface area contributed by atoms with Crippen molar-refractivity contribution >= 4 is 35.9 Å². The zero-order chi connectivity index (χ0) is 17.2. The molecule has 1 saturated carbocycles. The summed E-state index contributed by atoms with van der Waals surface area (Å²) in [5.41, 5.74) is 7.20. The van der Waals surface area contributed by atoms with E-state index in [2.05, 4.69) is 24.8 Å². The number of aromatic nitrogens is 2. The lowest BCUT2D eigenvalue weighted by Crippen LogP contribution is -2.51. The quantitative estimate of drug-likeness (QED) is 0.425. The van der Waals surface area contributed by atoms with Crippen molar-refractivity contribution in [3.05, 3.63) is 54.1 Å². The number of aliphatic imine (C=N–C) groups is 1. The fourth-order valence-corrected chi connectivity index (χ4v) is 3.26. The molecule has 6 nitrogen and oxygen atoms in total. The molecule has 0 bridgehead atoms. The molecule has 1 aromatic carbocycles. The van der Waals surface area contributed by atoms with E-state index in [0.717, 1.165) is 44.1 Å². The Bertz CT molecular complexity index is 763. The predicted octanol–water partition coefficient (Wildman–Crippen LogP) is 2.23. The number of halogens is 2. The van der Waals surface area contributed by atoms with Gasteiger partial charge < -0.3 is 15.5 Å². The fraction of sp³-hybridized carbons (Fsp3) is 0.389. The predicted molar refractivity (Wildman–Crippen MR) is 110 cm³/mol. The second-order valence-electron chi connectivity index (χ2n) is 6.47. The maximum Gasteiger partial charge on any atom is 0.225 e. The molecule has 2 N–H and O–H groups in total. The number of rotatable bonds is 3. The lowest BCUT2D eigenvalue weighted by Gasteiger charge is -2.35. The zero-order valence-electron chi connectivity index (χ0n) is 14.3. The third kappa shape index (κ3) is 4.22. The van der Waals surface area contributed by atoms with Crippen LogP contribution in [0.25, 0.3) is 0 Å². The summed E-state index contributed by atoms with van der Waals surface area (Å²) in [5.74, 6) is 1.43. The van der Waals surface area contributed by atoms with Crippen molar-refractivity contribution in [2.75, 3.05) is 31.1 Å². The topological polar surface area (TPSA) is 70.6 Å². The van der Waals surface area contributed by atoms with Crippen LogP contribution < -0.4 is 10.6 Å². The summed E-state index contributed by atoms with van der Waals surface area (Å²) in [7, 11) is 0. The van der Waals surface area contributed by atoms with Gasteiger partial charge in [-0.3, -0.25) is 0 Å². The molecule has 2 aliphatic rings. The smallest absolute Gasteiger partial charge is 0.225 e. The number of nitrogens with two attached hydrogens (primary N) is 1. The van der Waals surface area contributed by atoms with Crippen molar-refractivity contribution in [2.45, 2.75) is 18.4 Å². The van der Waals surface area contributed by atoms with Crippen LogP contribution in [0, 0.1) is 5.82 Å². The molecule has 2 aromatic rings. The molecule has 4 rings (SSSR count). The van der Waals surface area contributed by atoms with Crippen molar-refractivity contribution in [3.8, 4) is 0 Å². The summed E-state index contributed by atoms with van der Waals surface area (Å²) >= 11 is 0. The van der Waals surface area contributed by atoms with Gasteiger partial charge in [0.1, 0.15) is 5.82 Å². The van der Waals surface area contributed by atoms with E-state index in [1.54, 1.807) is 24.5 Å². The first-order valence-corrected chi connectivity index (χ1v) is 8.56. The van der Waals surface area contributed by atoms with E-state index in [-0.39, 0.29) is 41.8 Å². The van der Waals surface area contributed by atoms with Crippen LogP contribution in [0.15, 0.2) is 47.7 Å². The van der Waals surface area contributed by atoms with Gasteiger partial charge in [0.2, 0.25) is 5.95 Å². The van der Waals surface area contributed by atoms with Gasteiger partial charge in [-0.05, 0) is 30.2 Å². The molecule has 2 fully saturated rings. The summed E-state index contributed by atoms with van der Waals surface area (Å²) in [6, 6.07) is 8.74. The molecule has 1 aromatic heterocycles. The Hall–Kier alpha value is -1.97. The van der Waals surface area contributed by atoms with E-state index < -0.39 is 0 Å². The number of anilines is 1. The number of hydrogen-bond donors (Lipinski definition) is 1. The van der Waals surface area contributed by atoms with Crippen molar-refractivity contribution in [1.29, 1.82) is 0 Å². The second-order valence-corrected chi connectivity index (χ2v) is 6.47. The summed E-state index contributed by atoms with van der Waals surface area (Å²) < 4.78 is 13.3. The first-order valence-electron chi connectivity index (χ1n) is 8.56. The van der Waals surface area contributed by atoms with Gasteiger partial charge >= 0.3 is 0 Å². The SMILES string of the molecule is I.NC(=NC1CC1c1cccc(F)c1)N1CCN(c2ncccn2)CC1. The molecule has 26 heavy (non-hydrogen) atoms. The largest absolute Gasteiger partial charge is 0.370 e. The highest BCUT2D eigenvalue weighted by molar-refractivity contribution is 14.0. The average Bonchev–Trinajstić information content (AvgIpc) is 3.42. The van der Waals surface area contributed by atoms with Crippen LogP contribution in [0.1, 0.15) is 17.9 Å². The van der Waals surface area contributed by atoms with E-state index in [0.29, 0.717) is 5.96 Å². The molecule has 0 radical (unpaired) electrons. The van der Waals surface area contributed by atoms with Crippen LogP contribution in [-0.4, -0.2) is 53.0 Å². The van der Waals surface area contributed by atoms with Gasteiger partial charge in [-0.1, -0.05) is 12.1 Å². The van der Waals surface area contributed by atoms with Gasteiger partial charge in [-0.25, -0.2) is 19.4 Å². The van der Waals surface area contributed by atoms with Gasteiger partial charge in [0.05, 0.1) is 6.04 Å². The highest BCUT2D eigenvalue weighted by Gasteiger charge is 2.39. The highest BCUT2D eigenvalue weighted by atomic mass is 127. The number of hydrogen-bond acceptors (Lipinski definition) is 4. The van der Waals surface area contributed by atoms with Gasteiger partial charge in [0.25, 0.3) is 0 Å². The molecule has 8 heteroatoms. The van der Waals surface area contributed by atoms with Crippen molar-refractivity contribution < 1.29 is 4.39 Å². The fourth-order valence-electron chi connectivity index (χ4n) is 3.26. The minimum atomic E-state index is -0.195. The van der Waals surface area contributed by atoms with E-state index in [9.17, 15) is 4.39 Å². The lowest BCUT2D eigenvalue weighted by atomic mass is 10.1.